The van der Waals surface area contributed by atoms with Crippen LogP contribution in [0.1, 0.15) is 37.9 Å². The smallest absolute Gasteiger partial charge is 0.296 e. The molecule has 0 unspecified atom stereocenters. The molecule has 10 nitrogen and oxygen atoms in total. The molecule has 1 saturated heterocycles. The summed E-state index contributed by atoms with van der Waals surface area (Å²) in [6.45, 7) is 5.56. The summed E-state index contributed by atoms with van der Waals surface area (Å²) in [6, 6.07) is 8.51. The molecule has 2 fully saturated rings. The first kappa shape index (κ1) is 25.5. The van der Waals surface area contributed by atoms with Crippen molar-refractivity contribution in [1.82, 2.24) is 24.2 Å². The van der Waals surface area contributed by atoms with Crippen LogP contribution in [0, 0.1) is 0 Å². The van der Waals surface area contributed by atoms with E-state index in [0.717, 1.165) is 5.41 Å². The third kappa shape index (κ3) is 5.73. The Hall–Kier alpha value is -3.16. The number of nitrogens with zero attached hydrogens (tertiary/aromatic N) is 5. The lowest BCUT2D eigenvalue weighted by atomic mass is 9.92. The molecule has 5 rings (SSSR count). The molecule has 0 amide bonds. The van der Waals surface area contributed by atoms with Gasteiger partial charge in [0.05, 0.1) is 24.2 Å². The number of benzene rings is 1. The number of para-hydroxylation sites is 2. The zero-order valence-electron chi connectivity index (χ0n) is 20.2. The summed E-state index contributed by atoms with van der Waals surface area (Å²) in [4.78, 5) is 15.5. The molecule has 2 N–H and O–H groups in total. The Morgan fingerprint density at radius 3 is 2.46 bits per heavy atom. The number of fused-ring (bicyclic) bond motifs is 1. The second kappa shape index (κ2) is 10.7. The lowest BCUT2D eigenvalue weighted by Crippen LogP contribution is -2.39. The first-order valence-electron chi connectivity index (χ1n) is 12.2. The normalized spacial score (nSPS) is 20.9. The fraction of sp³-hybridized carbons (Fsp3) is 0.458. The molecule has 13 heteroatoms. The van der Waals surface area contributed by atoms with E-state index in [9.17, 15) is 17.2 Å². The average Bonchev–Trinajstić information content (AvgIpc) is 3.30. The van der Waals surface area contributed by atoms with E-state index in [0.29, 0.717) is 80.6 Å². The van der Waals surface area contributed by atoms with Crippen molar-refractivity contribution < 1.29 is 21.9 Å². The summed E-state index contributed by atoms with van der Waals surface area (Å²) in [6.07, 6.45) is -0.0543. The molecule has 0 spiro atoms. The Morgan fingerprint density at radius 2 is 1.76 bits per heavy atom. The van der Waals surface area contributed by atoms with E-state index in [4.69, 9.17) is 9.72 Å². The number of imidazole rings is 1. The van der Waals surface area contributed by atoms with Gasteiger partial charge >= 0.3 is 0 Å². The lowest BCUT2D eigenvalue weighted by Gasteiger charge is -2.30. The molecule has 2 aliphatic rings. The molecule has 1 saturated carbocycles. The molecule has 3 heterocycles. The summed E-state index contributed by atoms with van der Waals surface area (Å²) in [5, 5.41) is 4.35. The van der Waals surface area contributed by atoms with Crippen LogP contribution in [0.4, 0.5) is 20.5 Å². The van der Waals surface area contributed by atoms with Crippen molar-refractivity contribution in [2.75, 3.05) is 36.5 Å². The van der Waals surface area contributed by atoms with Crippen LogP contribution >= 0.6 is 0 Å². The number of halogens is 2. The molecular weight excluding hydrogens is 504 g/mol. The number of aromatic nitrogens is 4. The van der Waals surface area contributed by atoms with Crippen LogP contribution in [0.3, 0.4) is 0 Å². The summed E-state index contributed by atoms with van der Waals surface area (Å²) >= 11 is 0. The predicted octanol–water partition coefficient (Wildman–Crippen LogP) is 3.38. The van der Waals surface area contributed by atoms with Gasteiger partial charge < -0.3 is 15.0 Å². The number of hydrogen-bond acceptors (Lipinski definition) is 8. The Bertz CT molecular complexity index is 1370. The number of sulfonamides is 1. The minimum absolute atomic E-state index is 0.0406. The monoisotopic (exact) mass is 533 g/mol. The molecule has 1 aromatic carbocycles. The number of rotatable bonds is 8. The lowest BCUT2D eigenvalue weighted by molar-refractivity contribution is 0.122. The van der Waals surface area contributed by atoms with Gasteiger partial charge in [-0.15, -0.1) is 0 Å². The summed E-state index contributed by atoms with van der Waals surface area (Å²) in [5.74, 6) is 0.859. The van der Waals surface area contributed by atoms with Gasteiger partial charge in [-0.3, -0.25) is 4.57 Å². The van der Waals surface area contributed by atoms with Crippen LogP contribution in [0.25, 0.3) is 16.9 Å². The summed E-state index contributed by atoms with van der Waals surface area (Å²) in [5.41, 5.74) is 0.990. The molecule has 2 aromatic heterocycles. The van der Waals surface area contributed by atoms with Crippen LogP contribution in [0.15, 0.2) is 42.3 Å². The van der Waals surface area contributed by atoms with Crippen molar-refractivity contribution in [1.29, 1.82) is 0 Å². The van der Waals surface area contributed by atoms with E-state index in [2.05, 4.69) is 26.6 Å². The van der Waals surface area contributed by atoms with E-state index in [1.165, 1.54) is 4.57 Å². The van der Waals surface area contributed by atoms with Crippen LogP contribution in [0.2, 0.25) is 0 Å². The minimum atomic E-state index is -3.49. The number of anilines is 2. The maximum atomic E-state index is 14.0. The van der Waals surface area contributed by atoms with E-state index >= 15 is 0 Å². The van der Waals surface area contributed by atoms with E-state index in [-0.39, 0.29) is 17.9 Å². The Morgan fingerprint density at radius 1 is 1.05 bits per heavy atom. The first-order valence-corrected chi connectivity index (χ1v) is 13.8. The Labute approximate surface area is 213 Å². The van der Waals surface area contributed by atoms with Crippen molar-refractivity contribution in [2.45, 2.75) is 44.2 Å². The van der Waals surface area contributed by atoms with Crippen molar-refractivity contribution in [3.8, 4) is 5.82 Å². The highest BCUT2D eigenvalue weighted by Gasteiger charge is 2.26. The van der Waals surface area contributed by atoms with E-state index in [1.54, 1.807) is 30.3 Å². The van der Waals surface area contributed by atoms with Gasteiger partial charge in [-0.2, -0.15) is 9.97 Å². The van der Waals surface area contributed by atoms with Crippen molar-refractivity contribution in [3.63, 3.8) is 0 Å². The third-order valence-electron chi connectivity index (χ3n) is 6.64. The number of nitrogens with one attached hydrogen (secondary N) is 2. The highest BCUT2D eigenvalue weighted by Crippen LogP contribution is 2.30. The van der Waals surface area contributed by atoms with Gasteiger partial charge in [-0.25, -0.2) is 26.9 Å². The first-order chi connectivity index (χ1) is 17.8. The predicted molar refractivity (Wildman–Crippen MR) is 137 cm³/mol. The maximum absolute atomic E-state index is 14.0. The largest absolute Gasteiger partial charge is 0.378 e. The van der Waals surface area contributed by atoms with Gasteiger partial charge in [0.1, 0.15) is 11.6 Å². The number of alkyl halides is 2. The number of ether oxygens (including phenoxy) is 1. The van der Waals surface area contributed by atoms with Crippen LogP contribution in [-0.2, 0) is 14.8 Å². The zero-order chi connectivity index (χ0) is 26.0. The molecule has 1 aliphatic heterocycles. The fourth-order valence-corrected chi connectivity index (χ4v) is 5.59. The van der Waals surface area contributed by atoms with E-state index in [1.807, 2.05) is 4.90 Å². The molecule has 3 aromatic rings. The minimum Gasteiger partial charge on any atom is -0.378 e. The summed E-state index contributed by atoms with van der Waals surface area (Å²) in [7, 11) is -3.49. The van der Waals surface area contributed by atoms with Gasteiger partial charge in [-0.05, 0) is 37.8 Å². The molecule has 0 atom stereocenters. The Balaban J connectivity index is 1.46. The van der Waals surface area contributed by atoms with Gasteiger partial charge in [0.15, 0.2) is 5.82 Å². The molecule has 1 aliphatic carbocycles. The number of morpholine rings is 1. The molecule has 0 bridgehead atoms. The standard InChI is InChI=1S/C24H29F2N7O3S/c1-2-37(34,35)31-17-9-7-16(8-10-17)27-20-15-21(30-24(29-20)32-11-13-36-14-12-32)33-19-6-4-3-5-18(19)28-23(33)22(25)26/h2-6,15-17,22,31H,1,7-14H2,(H,27,29,30)/t16-,17-. The van der Waals surface area contributed by atoms with Crippen molar-refractivity contribution in [3.05, 3.63) is 48.1 Å². The molecule has 0 radical (unpaired) electrons. The third-order valence-corrected chi connectivity index (χ3v) is 7.74. The van der Waals surface area contributed by atoms with Crippen LogP contribution < -0.4 is 14.9 Å². The van der Waals surface area contributed by atoms with Crippen LogP contribution in [-0.4, -0.2) is 66.3 Å². The van der Waals surface area contributed by atoms with Gasteiger partial charge in [-0.1, -0.05) is 18.7 Å². The summed E-state index contributed by atoms with van der Waals surface area (Å²) < 4.78 is 61.2. The van der Waals surface area contributed by atoms with Crippen molar-refractivity contribution >= 4 is 32.8 Å². The fourth-order valence-electron chi connectivity index (χ4n) is 4.79. The van der Waals surface area contributed by atoms with Gasteiger partial charge in [0, 0.05) is 36.6 Å². The highest BCUT2D eigenvalue weighted by molar-refractivity contribution is 7.92. The van der Waals surface area contributed by atoms with Gasteiger partial charge in [0.25, 0.3) is 6.43 Å². The zero-order valence-corrected chi connectivity index (χ0v) is 21.0. The Kier molecular flexibility index (Phi) is 7.36. The highest BCUT2D eigenvalue weighted by atomic mass is 32.2. The number of hydrogen-bond donors (Lipinski definition) is 2. The average molecular weight is 534 g/mol. The molecule has 198 valence electrons. The SMILES string of the molecule is C=CS(=O)(=O)N[C@H]1CC[C@H](Nc2cc(-n3c(C(F)F)nc4ccccc43)nc(N3CCOCC3)n2)CC1. The van der Waals surface area contributed by atoms with E-state index < -0.39 is 16.4 Å². The molecule has 37 heavy (non-hydrogen) atoms. The molecular formula is C24H29F2N7O3S. The maximum Gasteiger partial charge on any atom is 0.296 e. The van der Waals surface area contributed by atoms with Gasteiger partial charge in [0.2, 0.25) is 16.0 Å². The van der Waals surface area contributed by atoms with Crippen molar-refractivity contribution in [2.24, 2.45) is 0 Å². The quantitative estimate of drug-likeness (QED) is 0.453. The van der Waals surface area contributed by atoms with Crippen LogP contribution in [0.5, 0.6) is 0 Å². The second-order valence-corrected chi connectivity index (χ2v) is 10.8. The second-order valence-electron chi connectivity index (χ2n) is 9.13. The topological polar surface area (TPSA) is 114 Å².